The zero-order valence-electron chi connectivity index (χ0n) is 11.5. The largest absolute Gasteiger partial charge is 0.329 e. The lowest BCUT2D eigenvalue weighted by Gasteiger charge is -2.48. The SMILES string of the molecule is CC1SCCC1(CN)N1CCCC(N(C)C)C1. The molecule has 2 heterocycles. The summed E-state index contributed by atoms with van der Waals surface area (Å²) in [6.07, 6.45) is 3.93. The Balaban J connectivity index is 2.09. The third kappa shape index (κ3) is 2.50. The molecule has 0 radical (unpaired) electrons. The van der Waals surface area contributed by atoms with Gasteiger partial charge in [-0.3, -0.25) is 4.90 Å². The van der Waals surface area contributed by atoms with Crippen molar-refractivity contribution in [2.75, 3.05) is 39.5 Å². The molecule has 0 aromatic rings. The summed E-state index contributed by atoms with van der Waals surface area (Å²) in [6, 6.07) is 0.713. The molecule has 3 unspecified atom stereocenters. The highest BCUT2D eigenvalue weighted by molar-refractivity contribution is 8.00. The monoisotopic (exact) mass is 257 g/mol. The summed E-state index contributed by atoms with van der Waals surface area (Å²) in [4.78, 5) is 5.08. The molecule has 4 heteroatoms. The molecule has 0 bridgehead atoms. The first-order chi connectivity index (χ1) is 8.10. The molecule has 0 aromatic carbocycles. The van der Waals surface area contributed by atoms with Crippen LogP contribution >= 0.6 is 11.8 Å². The summed E-state index contributed by atoms with van der Waals surface area (Å²) in [5.41, 5.74) is 6.42. The molecule has 3 atom stereocenters. The zero-order chi connectivity index (χ0) is 12.5. The van der Waals surface area contributed by atoms with Crippen LogP contribution in [0.5, 0.6) is 0 Å². The Hall–Kier alpha value is 0.230. The predicted octanol–water partition coefficient (Wildman–Crippen LogP) is 1.24. The normalized spacial score (nSPS) is 40.1. The van der Waals surface area contributed by atoms with Gasteiger partial charge in [-0.15, -0.1) is 0 Å². The fourth-order valence-electron chi connectivity index (χ4n) is 3.36. The average molecular weight is 257 g/mol. The Morgan fingerprint density at radius 3 is 2.76 bits per heavy atom. The number of hydrogen-bond acceptors (Lipinski definition) is 4. The van der Waals surface area contributed by atoms with E-state index in [0.717, 1.165) is 6.54 Å². The smallest absolute Gasteiger partial charge is 0.0455 e. The maximum atomic E-state index is 6.14. The molecular weight excluding hydrogens is 230 g/mol. The average Bonchev–Trinajstić information content (AvgIpc) is 2.71. The topological polar surface area (TPSA) is 32.5 Å². The van der Waals surface area contributed by atoms with Crippen LogP contribution in [0.25, 0.3) is 0 Å². The molecule has 3 nitrogen and oxygen atoms in total. The van der Waals surface area contributed by atoms with E-state index in [0.29, 0.717) is 11.3 Å². The van der Waals surface area contributed by atoms with Crippen LogP contribution in [0.1, 0.15) is 26.2 Å². The Morgan fingerprint density at radius 1 is 1.47 bits per heavy atom. The lowest BCUT2D eigenvalue weighted by atomic mass is 9.87. The fourth-order valence-corrected chi connectivity index (χ4v) is 4.86. The van der Waals surface area contributed by atoms with Crippen molar-refractivity contribution in [3.8, 4) is 0 Å². The van der Waals surface area contributed by atoms with Crippen LogP contribution in [0.3, 0.4) is 0 Å². The van der Waals surface area contributed by atoms with E-state index in [2.05, 4.69) is 42.6 Å². The van der Waals surface area contributed by atoms with Gasteiger partial charge in [0.2, 0.25) is 0 Å². The highest BCUT2D eigenvalue weighted by atomic mass is 32.2. The Morgan fingerprint density at radius 2 is 2.24 bits per heavy atom. The molecule has 2 fully saturated rings. The molecule has 0 spiro atoms. The van der Waals surface area contributed by atoms with Gasteiger partial charge in [0.1, 0.15) is 0 Å². The van der Waals surface area contributed by atoms with Gasteiger partial charge in [0.05, 0.1) is 0 Å². The number of likely N-dealkylation sites (tertiary alicyclic amines) is 1. The lowest BCUT2D eigenvalue weighted by Crippen LogP contribution is -2.62. The highest BCUT2D eigenvalue weighted by Crippen LogP contribution is 2.40. The number of rotatable bonds is 3. The predicted molar refractivity (Wildman–Crippen MR) is 76.6 cm³/mol. The van der Waals surface area contributed by atoms with Gasteiger partial charge in [-0.05, 0) is 45.7 Å². The molecule has 17 heavy (non-hydrogen) atoms. The first kappa shape index (κ1) is 13.7. The highest BCUT2D eigenvalue weighted by Gasteiger charge is 2.45. The molecule has 2 aliphatic rings. The first-order valence-electron chi connectivity index (χ1n) is 6.83. The van der Waals surface area contributed by atoms with Gasteiger partial charge in [-0.1, -0.05) is 6.92 Å². The molecule has 2 saturated heterocycles. The van der Waals surface area contributed by atoms with E-state index in [4.69, 9.17) is 5.73 Å². The van der Waals surface area contributed by atoms with Gasteiger partial charge in [-0.2, -0.15) is 11.8 Å². The number of piperidine rings is 1. The van der Waals surface area contributed by atoms with Gasteiger partial charge in [-0.25, -0.2) is 0 Å². The number of likely N-dealkylation sites (N-methyl/N-ethyl adjacent to an activating group) is 1. The van der Waals surface area contributed by atoms with Crippen molar-refractivity contribution in [2.45, 2.75) is 43.0 Å². The van der Waals surface area contributed by atoms with Crippen molar-refractivity contribution in [3.05, 3.63) is 0 Å². The van der Waals surface area contributed by atoms with E-state index < -0.39 is 0 Å². The van der Waals surface area contributed by atoms with Crippen molar-refractivity contribution in [2.24, 2.45) is 5.73 Å². The fraction of sp³-hybridized carbons (Fsp3) is 1.00. The Labute approximate surface area is 110 Å². The van der Waals surface area contributed by atoms with E-state index in [1.54, 1.807) is 0 Å². The summed E-state index contributed by atoms with van der Waals surface area (Å²) in [5, 5.41) is 0.688. The second-order valence-corrected chi connectivity index (χ2v) is 7.23. The summed E-state index contributed by atoms with van der Waals surface area (Å²) in [7, 11) is 4.41. The molecule has 0 saturated carbocycles. The van der Waals surface area contributed by atoms with Crippen molar-refractivity contribution in [1.82, 2.24) is 9.80 Å². The summed E-state index contributed by atoms with van der Waals surface area (Å²) in [6.45, 7) is 5.63. The van der Waals surface area contributed by atoms with Crippen molar-refractivity contribution >= 4 is 11.8 Å². The quantitative estimate of drug-likeness (QED) is 0.824. The van der Waals surface area contributed by atoms with Gasteiger partial charge in [0.25, 0.3) is 0 Å². The number of nitrogens with two attached hydrogens (primary N) is 1. The van der Waals surface area contributed by atoms with Crippen LogP contribution in [-0.2, 0) is 0 Å². The minimum absolute atomic E-state index is 0.277. The second kappa shape index (κ2) is 5.47. The standard InChI is InChI=1S/C13H27N3S/c1-11-13(10-14,6-8-17-11)16-7-4-5-12(9-16)15(2)3/h11-12H,4-10,14H2,1-3H3. The van der Waals surface area contributed by atoms with E-state index >= 15 is 0 Å². The maximum Gasteiger partial charge on any atom is 0.0455 e. The number of hydrogen-bond donors (Lipinski definition) is 1. The van der Waals surface area contributed by atoms with Gasteiger partial charge < -0.3 is 10.6 Å². The number of thioether (sulfide) groups is 1. The van der Waals surface area contributed by atoms with Crippen LogP contribution in [0.15, 0.2) is 0 Å². The van der Waals surface area contributed by atoms with E-state index in [1.165, 1.54) is 38.1 Å². The summed E-state index contributed by atoms with van der Waals surface area (Å²) in [5.74, 6) is 1.28. The van der Waals surface area contributed by atoms with Crippen molar-refractivity contribution < 1.29 is 0 Å². The summed E-state index contributed by atoms with van der Waals surface area (Å²) >= 11 is 2.10. The summed E-state index contributed by atoms with van der Waals surface area (Å²) < 4.78 is 0. The molecule has 2 aliphatic heterocycles. The molecule has 0 aromatic heterocycles. The van der Waals surface area contributed by atoms with E-state index in [1.807, 2.05) is 0 Å². The van der Waals surface area contributed by atoms with Crippen LogP contribution in [0.2, 0.25) is 0 Å². The van der Waals surface area contributed by atoms with E-state index in [-0.39, 0.29) is 5.54 Å². The van der Waals surface area contributed by atoms with Crippen LogP contribution in [-0.4, -0.2) is 66.1 Å². The number of nitrogens with zero attached hydrogens (tertiary/aromatic N) is 2. The van der Waals surface area contributed by atoms with Crippen molar-refractivity contribution in [1.29, 1.82) is 0 Å². The zero-order valence-corrected chi connectivity index (χ0v) is 12.3. The Bertz CT molecular complexity index is 259. The molecular formula is C13H27N3S. The van der Waals surface area contributed by atoms with Crippen LogP contribution in [0, 0.1) is 0 Å². The molecule has 100 valence electrons. The molecule has 2 N–H and O–H groups in total. The van der Waals surface area contributed by atoms with Gasteiger partial charge in [0.15, 0.2) is 0 Å². The molecule has 0 aliphatic carbocycles. The van der Waals surface area contributed by atoms with Gasteiger partial charge >= 0.3 is 0 Å². The third-order valence-electron chi connectivity index (χ3n) is 4.77. The van der Waals surface area contributed by atoms with E-state index in [9.17, 15) is 0 Å². The molecule has 2 rings (SSSR count). The third-order valence-corrected chi connectivity index (χ3v) is 6.15. The van der Waals surface area contributed by atoms with Gasteiger partial charge in [0, 0.05) is 29.9 Å². The Kier molecular flexibility index (Phi) is 4.40. The minimum atomic E-state index is 0.277. The van der Waals surface area contributed by atoms with Crippen molar-refractivity contribution in [3.63, 3.8) is 0 Å². The lowest BCUT2D eigenvalue weighted by molar-refractivity contribution is 0.0376. The maximum absolute atomic E-state index is 6.14. The second-order valence-electron chi connectivity index (χ2n) is 5.78. The molecule has 0 amide bonds. The van der Waals surface area contributed by atoms with Crippen LogP contribution < -0.4 is 5.73 Å². The first-order valence-corrected chi connectivity index (χ1v) is 7.88. The minimum Gasteiger partial charge on any atom is -0.329 e. The van der Waals surface area contributed by atoms with Crippen LogP contribution in [0.4, 0.5) is 0 Å².